The smallest absolute Gasteiger partial charge is 0.271 e. The van der Waals surface area contributed by atoms with Gasteiger partial charge in [0.2, 0.25) is 5.88 Å². The van der Waals surface area contributed by atoms with Gasteiger partial charge in [-0.25, -0.2) is 9.97 Å². The van der Waals surface area contributed by atoms with Gasteiger partial charge >= 0.3 is 0 Å². The van der Waals surface area contributed by atoms with E-state index in [9.17, 15) is 10.1 Å². The quantitative estimate of drug-likeness (QED) is 0.371. The van der Waals surface area contributed by atoms with Crippen LogP contribution in [0, 0.1) is 10.1 Å². The summed E-state index contributed by atoms with van der Waals surface area (Å²) in [6, 6.07) is 13.3. The molecule has 0 fully saturated rings. The van der Waals surface area contributed by atoms with E-state index in [0.29, 0.717) is 33.3 Å². The molecular weight excluding hydrogens is 372 g/mol. The van der Waals surface area contributed by atoms with Crippen molar-refractivity contribution < 1.29 is 14.2 Å². The summed E-state index contributed by atoms with van der Waals surface area (Å²) >= 11 is 6.16. The number of nitro groups is 1. The van der Waals surface area contributed by atoms with Gasteiger partial charge < -0.3 is 9.26 Å². The minimum Gasteiger partial charge on any atom is -0.469 e. The number of nitro benzene ring substituents is 1. The molecule has 0 unspecified atom stereocenters. The van der Waals surface area contributed by atoms with Crippen LogP contribution in [0.3, 0.4) is 0 Å². The molecule has 27 heavy (non-hydrogen) atoms. The van der Waals surface area contributed by atoms with Gasteiger partial charge in [0.25, 0.3) is 5.69 Å². The van der Waals surface area contributed by atoms with Crippen molar-refractivity contribution in [2.75, 3.05) is 0 Å². The average Bonchev–Trinajstić information content (AvgIpc) is 3.15. The minimum atomic E-state index is -0.479. The average molecular weight is 383 g/mol. The third kappa shape index (κ3) is 3.42. The van der Waals surface area contributed by atoms with E-state index in [2.05, 4.69) is 15.1 Å². The first kappa shape index (κ1) is 16.9. The van der Waals surface area contributed by atoms with Crippen LogP contribution in [0.4, 0.5) is 5.69 Å². The Morgan fingerprint density at radius 3 is 2.81 bits per heavy atom. The lowest BCUT2D eigenvalue weighted by molar-refractivity contribution is -0.384. The van der Waals surface area contributed by atoms with Crippen LogP contribution in [0.1, 0.15) is 5.76 Å². The van der Waals surface area contributed by atoms with E-state index >= 15 is 0 Å². The van der Waals surface area contributed by atoms with Crippen LogP contribution >= 0.6 is 11.6 Å². The first-order chi connectivity index (χ1) is 13.1. The lowest BCUT2D eigenvalue weighted by Crippen LogP contribution is -1.98. The van der Waals surface area contributed by atoms with Crippen molar-refractivity contribution in [2.45, 2.75) is 6.61 Å². The number of rotatable bonds is 5. The van der Waals surface area contributed by atoms with E-state index in [0.717, 1.165) is 5.56 Å². The highest BCUT2D eigenvalue weighted by molar-refractivity contribution is 6.33. The molecular formula is C18H11ClN4O4. The van der Waals surface area contributed by atoms with E-state index in [1.807, 2.05) is 18.2 Å². The molecule has 0 aliphatic carbocycles. The molecule has 2 aromatic carbocycles. The number of aromatic nitrogens is 3. The van der Waals surface area contributed by atoms with Gasteiger partial charge in [-0.1, -0.05) is 35.0 Å². The molecule has 0 bridgehead atoms. The number of hydrogen-bond acceptors (Lipinski definition) is 7. The van der Waals surface area contributed by atoms with E-state index < -0.39 is 4.92 Å². The normalized spacial score (nSPS) is 10.9. The van der Waals surface area contributed by atoms with Crippen LogP contribution in [0.5, 0.6) is 5.88 Å². The van der Waals surface area contributed by atoms with Gasteiger partial charge in [0.1, 0.15) is 12.0 Å². The van der Waals surface area contributed by atoms with Crippen molar-refractivity contribution in [1.82, 2.24) is 15.1 Å². The fourth-order valence-corrected chi connectivity index (χ4v) is 2.80. The molecule has 0 saturated heterocycles. The zero-order valence-corrected chi connectivity index (χ0v) is 14.5. The molecule has 0 radical (unpaired) electrons. The number of benzene rings is 2. The summed E-state index contributed by atoms with van der Waals surface area (Å²) in [6.07, 6.45) is 1.29. The molecule has 4 rings (SSSR count). The van der Waals surface area contributed by atoms with Gasteiger partial charge in [0.05, 0.1) is 20.8 Å². The fraction of sp³-hybridized carbons (Fsp3) is 0.0556. The Morgan fingerprint density at radius 2 is 2.00 bits per heavy atom. The molecule has 0 amide bonds. The van der Waals surface area contributed by atoms with E-state index in [-0.39, 0.29) is 12.3 Å². The zero-order valence-electron chi connectivity index (χ0n) is 13.7. The minimum absolute atomic E-state index is 0.0493. The predicted octanol–water partition coefficient (Wildman–Crippen LogP) is 4.43. The van der Waals surface area contributed by atoms with Crippen molar-refractivity contribution in [3.63, 3.8) is 0 Å². The van der Waals surface area contributed by atoms with Crippen molar-refractivity contribution in [2.24, 2.45) is 0 Å². The Bertz CT molecular complexity index is 1150. The summed E-state index contributed by atoms with van der Waals surface area (Å²) < 4.78 is 11.0. The van der Waals surface area contributed by atoms with Crippen LogP contribution in [-0.2, 0) is 6.61 Å². The molecule has 9 heteroatoms. The van der Waals surface area contributed by atoms with Gasteiger partial charge in [-0.2, -0.15) is 0 Å². The van der Waals surface area contributed by atoms with Gasteiger partial charge in [0, 0.05) is 23.8 Å². The molecule has 2 aromatic heterocycles. The molecule has 2 heterocycles. The van der Waals surface area contributed by atoms with Gasteiger partial charge in [0.15, 0.2) is 12.4 Å². The summed E-state index contributed by atoms with van der Waals surface area (Å²) in [5.74, 6) is 0.782. The number of fused-ring (bicyclic) bond motifs is 1. The van der Waals surface area contributed by atoms with Gasteiger partial charge in [-0.05, 0) is 12.1 Å². The monoisotopic (exact) mass is 382 g/mol. The predicted molar refractivity (Wildman–Crippen MR) is 97.5 cm³/mol. The Balaban J connectivity index is 1.56. The zero-order chi connectivity index (χ0) is 18.8. The molecule has 8 nitrogen and oxygen atoms in total. The lowest BCUT2D eigenvalue weighted by Gasteiger charge is -2.05. The maximum Gasteiger partial charge on any atom is 0.271 e. The number of ether oxygens (including phenoxy) is 1. The number of halogens is 1. The van der Waals surface area contributed by atoms with Crippen molar-refractivity contribution in [1.29, 1.82) is 0 Å². The molecule has 0 N–H and O–H groups in total. The van der Waals surface area contributed by atoms with Crippen molar-refractivity contribution >= 4 is 28.2 Å². The second kappa shape index (κ2) is 7.00. The first-order valence-electron chi connectivity index (χ1n) is 7.84. The maximum atomic E-state index is 10.9. The molecule has 134 valence electrons. The maximum absolute atomic E-state index is 10.9. The van der Waals surface area contributed by atoms with Crippen LogP contribution in [0.2, 0.25) is 5.02 Å². The molecule has 0 aliphatic heterocycles. The Morgan fingerprint density at radius 1 is 1.15 bits per heavy atom. The lowest BCUT2D eigenvalue weighted by atomic mass is 10.1. The van der Waals surface area contributed by atoms with Gasteiger partial charge in [-0.3, -0.25) is 10.1 Å². The van der Waals surface area contributed by atoms with Crippen LogP contribution in [-0.4, -0.2) is 20.0 Å². The van der Waals surface area contributed by atoms with E-state index in [1.165, 1.54) is 18.5 Å². The van der Waals surface area contributed by atoms with Crippen LogP contribution in [0.15, 0.2) is 59.4 Å². The third-order valence-electron chi connectivity index (χ3n) is 3.85. The van der Waals surface area contributed by atoms with Gasteiger partial charge in [-0.15, -0.1) is 0 Å². The van der Waals surface area contributed by atoms with Crippen LogP contribution < -0.4 is 4.74 Å². The molecule has 0 atom stereocenters. The van der Waals surface area contributed by atoms with E-state index in [4.69, 9.17) is 20.9 Å². The molecule has 0 spiro atoms. The summed E-state index contributed by atoms with van der Waals surface area (Å²) in [5.41, 5.74) is 1.73. The summed E-state index contributed by atoms with van der Waals surface area (Å²) in [7, 11) is 0. The first-order valence-corrected chi connectivity index (χ1v) is 8.22. The largest absolute Gasteiger partial charge is 0.469 e. The highest BCUT2D eigenvalue weighted by Crippen LogP contribution is 2.28. The highest BCUT2D eigenvalue weighted by atomic mass is 35.5. The van der Waals surface area contributed by atoms with Crippen molar-refractivity contribution in [3.05, 3.63) is 75.8 Å². The molecule has 0 saturated carbocycles. The summed E-state index contributed by atoms with van der Waals surface area (Å²) in [4.78, 5) is 18.5. The SMILES string of the molecule is O=[N+]([O-])c1ccc2c(OCc3cc(-c4ccccc4Cl)no3)ncnc2c1. The third-order valence-corrected chi connectivity index (χ3v) is 4.18. The molecule has 0 aliphatic rings. The second-order valence-corrected chi connectivity index (χ2v) is 5.99. The Hall–Kier alpha value is -3.52. The van der Waals surface area contributed by atoms with E-state index in [1.54, 1.807) is 18.2 Å². The number of nitrogens with zero attached hydrogens (tertiary/aromatic N) is 4. The van der Waals surface area contributed by atoms with Crippen molar-refractivity contribution in [3.8, 4) is 17.1 Å². The number of hydrogen-bond donors (Lipinski definition) is 0. The number of non-ortho nitro benzene ring substituents is 1. The summed E-state index contributed by atoms with van der Waals surface area (Å²) in [5, 5.41) is 16.0. The Kier molecular flexibility index (Phi) is 4.39. The standard InChI is InChI=1S/C18H11ClN4O4/c19-15-4-2-1-3-13(15)17-8-12(27-22-17)9-26-18-14-6-5-11(23(24)25)7-16(14)20-10-21-18/h1-8,10H,9H2. The van der Waals surface area contributed by atoms with Crippen LogP contribution in [0.25, 0.3) is 22.2 Å². The second-order valence-electron chi connectivity index (χ2n) is 5.58. The highest BCUT2D eigenvalue weighted by Gasteiger charge is 2.13. The Labute approximate surface area is 157 Å². The topological polar surface area (TPSA) is 104 Å². The fourth-order valence-electron chi connectivity index (χ4n) is 2.57. The summed E-state index contributed by atoms with van der Waals surface area (Å²) in [6.45, 7) is 0.0839. The molecule has 4 aromatic rings.